The molecule has 47 heavy (non-hydrogen) atoms. The second-order valence-corrected chi connectivity index (χ2v) is 14.8. The number of amides is 2. The van der Waals surface area contributed by atoms with Gasteiger partial charge in [-0.1, -0.05) is 32.0 Å². The lowest BCUT2D eigenvalue weighted by molar-refractivity contribution is -0.207. The lowest BCUT2D eigenvalue weighted by Crippen LogP contribution is -2.62. The Labute approximate surface area is 279 Å². The number of ether oxygens (including phenoxy) is 2. The van der Waals surface area contributed by atoms with Crippen LogP contribution in [0.1, 0.15) is 85.0 Å². The highest BCUT2D eigenvalue weighted by Crippen LogP contribution is 2.68. The van der Waals surface area contributed by atoms with Crippen molar-refractivity contribution in [2.24, 2.45) is 51.5 Å². The highest BCUT2D eigenvalue weighted by molar-refractivity contribution is 5.88. The minimum absolute atomic E-state index is 0.00116. The molecule has 0 aliphatic heterocycles. The van der Waals surface area contributed by atoms with E-state index < -0.39 is 30.4 Å². The first-order chi connectivity index (χ1) is 22.4. The minimum atomic E-state index is -0.949. The lowest BCUT2D eigenvalue weighted by Gasteiger charge is -2.63. The van der Waals surface area contributed by atoms with Crippen LogP contribution in [0.15, 0.2) is 17.3 Å². The van der Waals surface area contributed by atoms with Crippen molar-refractivity contribution in [2.45, 2.75) is 109 Å². The normalized spacial score (nSPS) is 37.3. The van der Waals surface area contributed by atoms with Crippen LogP contribution >= 0.6 is 0 Å². The number of nitrogens with zero attached hydrogens (tertiary/aromatic N) is 3. The van der Waals surface area contributed by atoms with Crippen molar-refractivity contribution in [3.05, 3.63) is 22.6 Å². The number of hydrogen-bond acceptors (Lipinski definition) is 8. The van der Waals surface area contributed by atoms with E-state index in [2.05, 4.69) is 47.4 Å². The second-order valence-electron chi connectivity index (χ2n) is 14.8. The van der Waals surface area contributed by atoms with Crippen molar-refractivity contribution in [1.82, 2.24) is 10.6 Å². The number of allylic oxidation sites excluding steroid dienone is 1. The minimum Gasteiger partial charge on any atom is -0.447 e. The second kappa shape index (κ2) is 16.5. The number of hydrogen-bond donors (Lipinski definition) is 5. The summed E-state index contributed by atoms with van der Waals surface area (Å²) >= 11 is 0. The van der Waals surface area contributed by atoms with E-state index >= 15 is 0 Å². The third-order valence-electron chi connectivity index (χ3n) is 12.4. The van der Waals surface area contributed by atoms with Crippen molar-refractivity contribution >= 4 is 12.0 Å². The van der Waals surface area contributed by atoms with Crippen LogP contribution in [-0.2, 0) is 14.3 Å². The molecule has 12 unspecified atom stereocenters. The number of terminal acetylenes is 1. The SMILES string of the molecule is C#CCCOCCOC(=O)NC(CN=[N+]=[N-])NC(=O)/C=C/CCC(C)C1CCC2C3C(O)CC4CC(O)CCC4(C)C3CC(O)C12C. The predicted molar refractivity (Wildman–Crippen MR) is 176 cm³/mol. The number of alkyl carbamates (subject to hydrolysis) is 1. The van der Waals surface area contributed by atoms with Gasteiger partial charge in [0.05, 0.1) is 38.1 Å². The Balaban J connectivity index is 1.28. The van der Waals surface area contributed by atoms with E-state index in [0.29, 0.717) is 43.6 Å². The highest BCUT2D eigenvalue weighted by atomic mass is 16.6. The molecule has 0 aromatic carbocycles. The molecular weight excluding hydrogens is 602 g/mol. The maximum absolute atomic E-state index is 12.6. The average molecular weight is 658 g/mol. The Kier molecular flexibility index (Phi) is 13.0. The fourth-order valence-corrected chi connectivity index (χ4v) is 9.96. The van der Waals surface area contributed by atoms with E-state index in [4.69, 9.17) is 21.4 Å². The number of azide groups is 1. The molecule has 0 bridgehead atoms. The van der Waals surface area contributed by atoms with Crippen molar-refractivity contribution in [3.63, 3.8) is 0 Å². The molecule has 4 saturated carbocycles. The number of carbonyl (C=O) groups is 2. The third-order valence-corrected chi connectivity index (χ3v) is 12.4. The molecule has 12 heteroatoms. The third kappa shape index (κ3) is 8.44. The van der Waals surface area contributed by atoms with Gasteiger partial charge < -0.3 is 35.4 Å². The van der Waals surface area contributed by atoms with Gasteiger partial charge in [-0.05, 0) is 116 Å². The first-order valence-corrected chi connectivity index (χ1v) is 17.4. The number of rotatable bonds is 14. The summed E-state index contributed by atoms with van der Waals surface area (Å²) in [5, 5.41) is 42.2. The van der Waals surface area contributed by atoms with Crippen molar-refractivity contribution < 1.29 is 34.4 Å². The van der Waals surface area contributed by atoms with Crippen LogP contribution in [0.3, 0.4) is 0 Å². The molecule has 0 aromatic heterocycles. The summed E-state index contributed by atoms with van der Waals surface area (Å²) in [4.78, 5) is 27.4. The standard InChI is InChI=1S/C35H55N5O7/c1-5-6-15-46-16-17-47-33(45)39-30(21-37-40-36)38-31(44)10-8-7-9-22(2)25-11-12-26-32-27(20-29(43)35(25,26)4)34(3)14-13-24(41)18-23(34)19-28(32)42/h1,8,10,22-30,32,41-43H,6-7,9,11-21H2,2-4H3,(H,38,44)(H,39,45)/b10-8+. The van der Waals surface area contributed by atoms with Gasteiger partial charge in [-0.3, -0.25) is 4.79 Å². The van der Waals surface area contributed by atoms with E-state index in [1.54, 1.807) is 6.08 Å². The zero-order valence-corrected chi connectivity index (χ0v) is 28.2. The lowest BCUT2D eigenvalue weighted by atomic mass is 9.43. The molecule has 0 heterocycles. The molecular formula is C35H55N5O7. The van der Waals surface area contributed by atoms with Crippen molar-refractivity contribution in [1.29, 1.82) is 0 Å². The Morgan fingerprint density at radius 3 is 2.64 bits per heavy atom. The summed E-state index contributed by atoms with van der Waals surface area (Å²) in [5.41, 5.74) is 8.48. The molecule has 0 radical (unpaired) electrons. The van der Waals surface area contributed by atoms with Gasteiger partial charge >= 0.3 is 6.09 Å². The van der Waals surface area contributed by atoms with E-state index in [9.17, 15) is 24.9 Å². The maximum atomic E-state index is 12.6. The van der Waals surface area contributed by atoms with Gasteiger partial charge in [0.1, 0.15) is 12.8 Å². The van der Waals surface area contributed by atoms with Crippen LogP contribution in [0.5, 0.6) is 0 Å². The Morgan fingerprint density at radius 1 is 1.11 bits per heavy atom. The topological polar surface area (TPSA) is 186 Å². The number of aliphatic hydroxyl groups excluding tert-OH is 3. The predicted octanol–water partition coefficient (Wildman–Crippen LogP) is 4.44. The zero-order valence-electron chi connectivity index (χ0n) is 28.2. The summed E-state index contributed by atoms with van der Waals surface area (Å²) in [6, 6.07) is 0. The quantitative estimate of drug-likeness (QED) is 0.0347. The van der Waals surface area contributed by atoms with Crippen LogP contribution in [0, 0.1) is 58.7 Å². The van der Waals surface area contributed by atoms with E-state index in [-0.39, 0.29) is 54.4 Å². The number of aliphatic hydroxyl groups is 3. The van der Waals surface area contributed by atoms with E-state index in [1.165, 1.54) is 6.08 Å². The van der Waals surface area contributed by atoms with Gasteiger partial charge in [0, 0.05) is 11.3 Å². The number of fused-ring (bicyclic) bond motifs is 5. The van der Waals surface area contributed by atoms with Crippen LogP contribution in [0.4, 0.5) is 4.79 Å². The molecule has 0 aromatic rings. The molecule has 0 saturated heterocycles. The molecule has 12 nitrogen and oxygen atoms in total. The smallest absolute Gasteiger partial charge is 0.408 e. The van der Waals surface area contributed by atoms with Gasteiger partial charge in [0.2, 0.25) is 5.91 Å². The summed E-state index contributed by atoms with van der Waals surface area (Å²) in [7, 11) is 0. The number of carbonyl (C=O) groups excluding carboxylic acids is 2. The van der Waals surface area contributed by atoms with Crippen LogP contribution < -0.4 is 10.6 Å². The molecule has 4 rings (SSSR count). The van der Waals surface area contributed by atoms with Gasteiger partial charge in [-0.25, -0.2) is 4.79 Å². The molecule has 4 aliphatic carbocycles. The van der Waals surface area contributed by atoms with Crippen molar-refractivity contribution in [2.75, 3.05) is 26.4 Å². The number of nitrogens with one attached hydrogen (secondary N) is 2. The van der Waals surface area contributed by atoms with Crippen LogP contribution in [-0.4, -0.2) is 78.2 Å². The Bertz CT molecular complexity index is 1200. The molecule has 262 valence electrons. The molecule has 2 amide bonds. The first kappa shape index (κ1) is 37.0. The molecule has 12 atom stereocenters. The fourth-order valence-electron chi connectivity index (χ4n) is 9.96. The molecule has 0 spiro atoms. The van der Waals surface area contributed by atoms with Gasteiger partial charge in [0.15, 0.2) is 0 Å². The fraction of sp³-hybridized carbons (Fsp3) is 0.829. The summed E-state index contributed by atoms with van der Waals surface area (Å²) in [6.07, 6.45) is 13.5. The van der Waals surface area contributed by atoms with Crippen LogP contribution in [0.2, 0.25) is 0 Å². The highest BCUT2D eigenvalue weighted by Gasteiger charge is 2.65. The van der Waals surface area contributed by atoms with E-state index in [0.717, 1.165) is 44.9 Å². The van der Waals surface area contributed by atoms with E-state index in [1.807, 2.05) is 0 Å². The maximum Gasteiger partial charge on any atom is 0.408 e. The molecule has 4 aliphatic rings. The van der Waals surface area contributed by atoms with Gasteiger partial charge in [-0.2, -0.15) is 0 Å². The monoisotopic (exact) mass is 657 g/mol. The molecule has 4 fully saturated rings. The zero-order chi connectivity index (χ0) is 34.2. The molecule has 5 N–H and O–H groups in total. The van der Waals surface area contributed by atoms with Crippen LogP contribution in [0.25, 0.3) is 10.4 Å². The Morgan fingerprint density at radius 2 is 1.89 bits per heavy atom. The first-order valence-electron chi connectivity index (χ1n) is 17.4. The average Bonchev–Trinajstić information content (AvgIpc) is 3.39. The van der Waals surface area contributed by atoms with Crippen molar-refractivity contribution in [3.8, 4) is 12.3 Å². The summed E-state index contributed by atoms with van der Waals surface area (Å²) in [6.45, 7) is 7.18. The van der Waals surface area contributed by atoms with Gasteiger partial charge in [0.25, 0.3) is 0 Å². The summed E-state index contributed by atoms with van der Waals surface area (Å²) < 4.78 is 10.3. The largest absolute Gasteiger partial charge is 0.447 e. The Hall–Kier alpha value is -2.81. The van der Waals surface area contributed by atoms with Gasteiger partial charge in [-0.15, -0.1) is 12.3 Å². The summed E-state index contributed by atoms with van der Waals surface area (Å²) in [5.74, 6) is 3.63.